The van der Waals surface area contributed by atoms with E-state index < -0.39 is 0 Å². The summed E-state index contributed by atoms with van der Waals surface area (Å²) < 4.78 is 7.20. The molecular weight excluding hydrogens is 841 g/mol. The molecule has 0 atom stereocenters. The maximum absolute atomic E-state index is 5.15. The Morgan fingerprint density at radius 2 is 0.594 bits per heavy atom. The lowest BCUT2D eigenvalue weighted by Crippen LogP contribution is -2.02. The molecule has 0 saturated carbocycles. The quantitative estimate of drug-likeness (QED) is 0.160. The largest absolute Gasteiger partial charge is 0.309 e. The smallest absolute Gasteiger partial charge is 0.164 e. The summed E-state index contributed by atoms with van der Waals surface area (Å²) >= 11 is 0. The molecule has 322 valence electrons. The summed E-state index contributed by atoms with van der Waals surface area (Å²) in [6, 6.07) is 86.4. The molecule has 0 bridgehead atoms. The summed E-state index contributed by atoms with van der Waals surface area (Å²) in [4.78, 5) is 15.3. The van der Waals surface area contributed by atoms with Crippen LogP contribution in [0.2, 0.25) is 0 Å². The van der Waals surface area contributed by atoms with Gasteiger partial charge in [0.1, 0.15) is 0 Å². The van der Waals surface area contributed by atoms with Crippen molar-refractivity contribution in [1.82, 2.24) is 28.7 Å². The second kappa shape index (κ2) is 15.6. The summed E-state index contributed by atoms with van der Waals surface area (Å²) in [5.74, 6) is 1.87. The molecule has 0 aliphatic carbocycles. The lowest BCUT2D eigenvalue weighted by Gasteiger charge is -2.17. The Hall–Kier alpha value is -9.39. The highest BCUT2D eigenvalue weighted by Gasteiger charge is 2.21. The maximum Gasteiger partial charge on any atom is 0.164 e. The molecular formula is C63H40N6. The molecule has 0 aliphatic rings. The van der Waals surface area contributed by atoms with Crippen LogP contribution in [0.25, 0.3) is 128 Å². The Morgan fingerprint density at radius 3 is 1.09 bits per heavy atom. The molecule has 69 heavy (non-hydrogen) atoms. The van der Waals surface area contributed by atoms with Gasteiger partial charge in [-0.1, -0.05) is 176 Å². The van der Waals surface area contributed by atoms with Crippen molar-refractivity contribution >= 4 is 65.4 Å². The van der Waals surface area contributed by atoms with Gasteiger partial charge in [0.05, 0.1) is 38.8 Å². The number of aromatic nitrogens is 6. The van der Waals surface area contributed by atoms with Crippen molar-refractivity contribution in [3.63, 3.8) is 0 Å². The second-order valence-corrected chi connectivity index (χ2v) is 17.6. The third-order valence-corrected chi connectivity index (χ3v) is 13.7. The average Bonchev–Trinajstić information content (AvgIpc) is 4.07. The minimum absolute atomic E-state index is 0.610. The van der Waals surface area contributed by atoms with Gasteiger partial charge in [0.15, 0.2) is 17.5 Å². The van der Waals surface area contributed by atoms with Crippen LogP contribution in [0.4, 0.5) is 0 Å². The maximum atomic E-state index is 5.15. The van der Waals surface area contributed by atoms with Crippen molar-refractivity contribution in [3.8, 4) is 62.4 Å². The molecule has 4 aromatic heterocycles. The summed E-state index contributed by atoms with van der Waals surface area (Å²) in [7, 11) is 0. The molecule has 0 saturated heterocycles. The number of hydrogen-bond donors (Lipinski definition) is 0. The van der Waals surface area contributed by atoms with Gasteiger partial charge in [-0.15, -0.1) is 0 Å². The van der Waals surface area contributed by atoms with E-state index in [0.717, 1.165) is 66.9 Å². The molecule has 6 heteroatoms. The van der Waals surface area contributed by atoms with Gasteiger partial charge in [-0.2, -0.15) is 0 Å². The molecule has 14 aromatic rings. The number of rotatable bonds is 7. The molecule has 14 rings (SSSR count). The molecule has 0 fully saturated rings. The van der Waals surface area contributed by atoms with Crippen LogP contribution in [0.3, 0.4) is 0 Å². The summed E-state index contributed by atoms with van der Waals surface area (Å²) in [5, 5.41) is 7.34. The molecule has 10 aromatic carbocycles. The Balaban J connectivity index is 0.938. The molecule has 0 amide bonds. The number of nitrogens with zero attached hydrogens (tertiary/aromatic N) is 6. The van der Waals surface area contributed by atoms with Crippen LogP contribution < -0.4 is 0 Å². The molecule has 0 aliphatic heterocycles. The van der Waals surface area contributed by atoms with Crippen LogP contribution in [0.5, 0.6) is 0 Å². The normalized spacial score (nSPS) is 11.8. The zero-order chi connectivity index (χ0) is 45.4. The van der Waals surface area contributed by atoms with Crippen molar-refractivity contribution in [2.75, 3.05) is 0 Å². The highest BCUT2D eigenvalue weighted by atomic mass is 15.0. The van der Waals surface area contributed by atoms with Gasteiger partial charge in [0, 0.05) is 65.9 Å². The standard InChI is InChI=1S/C63H40N6/c1-3-17-42(18-4-1)61-64-62(43-19-5-2-6-20-43)66-63(65-61)44-33-37-47(60(39-44)69-57-29-15-9-23-50(57)51-24-10-16-30-58(51)69)41-31-34-45(35-32-41)67-56-28-14-11-25-52(56)53-40-46(36-38-59(53)67)68-54-26-12-7-21-48(54)49-22-8-13-27-55(49)68/h1-40H. The van der Waals surface area contributed by atoms with E-state index in [4.69, 9.17) is 15.0 Å². The first-order chi connectivity index (χ1) is 34.2. The van der Waals surface area contributed by atoms with Gasteiger partial charge in [-0.05, 0) is 72.3 Å². The van der Waals surface area contributed by atoms with E-state index in [-0.39, 0.29) is 0 Å². The van der Waals surface area contributed by atoms with E-state index >= 15 is 0 Å². The zero-order valence-corrected chi connectivity index (χ0v) is 37.3. The van der Waals surface area contributed by atoms with Gasteiger partial charge in [0.25, 0.3) is 0 Å². The van der Waals surface area contributed by atoms with Gasteiger partial charge in [0.2, 0.25) is 0 Å². The van der Waals surface area contributed by atoms with E-state index in [1.165, 1.54) is 43.4 Å². The Kier molecular flexibility index (Phi) is 8.79. The van der Waals surface area contributed by atoms with Gasteiger partial charge >= 0.3 is 0 Å². The fourth-order valence-corrected chi connectivity index (χ4v) is 10.6. The Bertz CT molecular complexity index is 4130. The number of benzene rings is 10. The summed E-state index contributed by atoms with van der Waals surface area (Å²) in [6.07, 6.45) is 0. The van der Waals surface area contributed by atoms with E-state index in [9.17, 15) is 0 Å². The minimum Gasteiger partial charge on any atom is -0.309 e. The van der Waals surface area contributed by atoms with Crippen LogP contribution in [-0.4, -0.2) is 28.7 Å². The fraction of sp³-hybridized carbons (Fsp3) is 0. The average molecular weight is 881 g/mol. The minimum atomic E-state index is 0.610. The first-order valence-corrected chi connectivity index (χ1v) is 23.4. The first-order valence-electron chi connectivity index (χ1n) is 23.4. The van der Waals surface area contributed by atoms with Crippen molar-refractivity contribution in [2.24, 2.45) is 0 Å². The van der Waals surface area contributed by atoms with E-state index in [1.807, 2.05) is 60.7 Å². The van der Waals surface area contributed by atoms with Crippen LogP contribution in [0.15, 0.2) is 243 Å². The third kappa shape index (κ3) is 6.23. The Morgan fingerprint density at radius 1 is 0.232 bits per heavy atom. The number of para-hydroxylation sites is 5. The predicted octanol–water partition coefficient (Wildman–Crippen LogP) is 15.8. The second-order valence-electron chi connectivity index (χ2n) is 17.6. The van der Waals surface area contributed by atoms with Crippen LogP contribution in [0, 0.1) is 0 Å². The fourth-order valence-electron chi connectivity index (χ4n) is 10.6. The van der Waals surface area contributed by atoms with Gasteiger partial charge < -0.3 is 13.7 Å². The lowest BCUT2D eigenvalue weighted by molar-refractivity contribution is 1.07. The van der Waals surface area contributed by atoms with Crippen LogP contribution >= 0.6 is 0 Å². The molecule has 0 spiro atoms. The number of hydrogen-bond acceptors (Lipinski definition) is 3. The molecule has 0 radical (unpaired) electrons. The Labute approximate surface area is 397 Å². The summed E-state index contributed by atoms with van der Waals surface area (Å²) in [6.45, 7) is 0. The van der Waals surface area contributed by atoms with Crippen molar-refractivity contribution in [1.29, 1.82) is 0 Å². The van der Waals surface area contributed by atoms with Gasteiger partial charge in [-0.25, -0.2) is 15.0 Å². The predicted molar refractivity (Wildman–Crippen MR) is 285 cm³/mol. The molecule has 4 heterocycles. The van der Waals surface area contributed by atoms with Crippen LogP contribution in [-0.2, 0) is 0 Å². The molecule has 0 unspecified atom stereocenters. The van der Waals surface area contributed by atoms with E-state index in [0.29, 0.717) is 17.5 Å². The lowest BCUT2D eigenvalue weighted by atomic mass is 10.00. The van der Waals surface area contributed by atoms with Gasteiger partial charge in [-0.3, -0.25) is 0 Å². The van der Waals surface area contributed by atoms with Crippen molar-refractivity contribution in [2.45, 2.75) is 0 Å². The molecule has 0 N–H and O–H groups in total. The van der Waals surface area contributed by atoms with Crippen LogP contribution in [0.1, 0.15) is 0 Å². The highest BCUT2D eigenvalue weighted by Crippen LogP contribution is 2.41. The monoisotopic (exact) mass is 880 g/mol. The van der Waals surface area contributed by atoms with E-state index in [1.54, 1.807) is 0 Å². The number of fused-ring (bicyclic) bond motifs is 9. The molecule has 6 nitrogen and oxygen atoms in total. The third-order valence-electron chi connectivity index (χ3n) is 13.7. The topological polar surface area (TPSA) is 53.5 Å². The first kappa shape index (κ1) is 38.8. The zero-order valence-electron chi connectivity index (χ0n) is 37.3. The van der Waals surface area contributed by atoms with Crippen molar-refractivity contribution < 1.29 is 0 Å². The SMILES string of the molecule is c1ccc(-c2nc(-c3ccccc3)nc(-c3ccc(-c4ccc(-n5c6ccccc6c6cc(-n7c8ccccc8c8ccccc87)ccc65)cc4)c(-n4c5ccccc5c5ccccc54)c3)n2)cc1. The summed E-state index contributed by atoms with van der Waals surface area (Å²) in [5.41, 5.74) is 15.2. The van der Waals surface area contributed by atoms with E-state index in [2.05, 4.69) is 196 Å². The highest BCUT2D eigenvalue weighted by molar-refractivity contribution is 6.13. The van der Waals surface area contributed by atoms with Crippen molar-refractivity contribution in [3.05, 3.63) is 243 Å².